The molecule has 0 radical (unpaired) electrons. The molecule has 168 valence electrons. The minimum atomic E-state index is -0.0811. The van der Waals surface area contributed by atoms with E-state index in [1.54, 1.807) is 17.4 Å². The van der Waals surface area contributed by atoms with Crippen molar-refractivity contribution in [2.45, 2.75) is 20.4 Å². The molecule has 1 saturated heterocycles. The van der Waals surface area contributed by atoms with Gasteiger partial charge in [-0.3, -0.25) is 19.4 Å². The number of hydrogen-bond donors (Lipinski definition) is 2. The zero-order valence-electron chi connectivity index (χ0n) is 18.6. The minimum absolute atomic E-state index is 0.0206. The van der Waals surface area contributed by atoms with Gasteiger partial charge in [0, 0.05) is 43.2 Å². The molecule has 3 aromatic rings. The second-order valence-electron chi connectivity index (χ2n) is 8.24. The number of fused-ring (bicyclic) bond motifs is 1. The van der Waals surface area contributed by atoms with E-state index in [4.69, 9.17) is 4.98 Å². The molecular weight excluding hydrogens is 422 g/mol. The molecule has 8 heteroatoms. The molecule has 2 N–H and O–H groups in total. The Balaban J connectivity index is 1.45. The van der Waals surface area contributed by atoms with Gasteiger partial charge in [0.25, 0.3) is 5.56 Å². The van der Waals surface area contributed by atoms with Crippen LogP contribution in [0.15, 0.2) is 41.7 Å². The maximum Gasteiger partial charge on any atom is 0.260 e. The average molecular weight is 452 g/mol. The van der Waals surface area contributed by atoms with Crippen LogP contribution in [0.25, 0.3) is 21.3 Å². The van der Waals surface area contributed by atoms with Gasteiger partial charge in [-0.05, 0) is 19.4 Å². The first-order valence-corrected chi connectivity index (χ1v) is 11.7. The number of H-pyrrole nitrogens is 1. The highest BCUT2D eigenvalue weighted by Gasteiger charge is 2.21. The van der Waals surface area contributed by atoms with E-state index >= 15 is 0 Å². The highest BCUT2D eigenvalue weighted by molar-refractivity contribution is 7.19. The Hall–Kier alpha value is -2.81. The van der Waals surface area contributed by atoms with Crippen LogP contribution < -0.4 is 10.9 Å². The van der Waals surface area contributed by atoms with Crippen LogP contribution >= 0.6 is 11.3 Å². The summed E-state index contributed by atoms with van der Waals surface area (Å²) in [6.45, 7) is 12.5. The normalized spacial score (nSPS) is 15.2. The third kappa shape index (κ3) is 4.98. The van der Waals surface area contributed by atoms with E-state index in [9.17, 15) is 9.59 Å². The van der Waals surface area contributed by atoms with Gasteiger partial charge in [-0.25, -0.2) is 4.98 Å². The van der Waals surface area contributed by atoms with Crippen LogP contribution in [-0.4, -0.2) is 64.9 Å². The molecule has 0 aliphatic carbocycles. The number of aromatic amines is 1. The second kappa shape index (κ2) is 9.77. The zero-order chi connectivity index (χ0) is 22.7. The molecule has 1 amide bonds. The van der Waals surface area contributed by atoms with Crippen molar-refractivity contribution in [3.05, 3.63) is 63.5 Å². The molecule has 0 atom stereocenters. The number of aromatic nitrogens is 2. The summed E-state index contributed by atoms with van der Waals surface area (Å²) in [6.07, 6.45) is 1.68. The molecule has 0 spiro atoms. The van der Waals surface area contributed by atoms with Crippen molar-refractivity contribution in [1.29, 1.82) is 0 Å². The van der Waals surface area contributed by atoms with E-state index in [0.29, 0.717) is 30.8 Å². The first-order chi connectivity index (χ1) is 15.4. The molecule has 1 aliphatic heterocycles. The maximum atomic E-state index is 13.0. The summed E-state index contributed by atoms with van der Waals surface area (Å²) in [4.78, 5) is 39.0. The molecule has 1 aromatic carbocycles. The lowest BCUT2D eigenvalue weighted by Gasteiger charge is -2.33. The Morgan fingerprint density at radius 3 is 2.56 bits per heavy atom. The molecule has 0 unspecified atom stereocenters. The topological polar surface area (TPSA) is 81.3 Å². The maximum absolute atomic E-state index is 13.0. The van der Waals surface area contributed by atoms with Crippen LogP contribution in [0.1, 0.15) is 16.3 Å². The fraction of sp³-hybridized carbons (Fsp3) is 0.375. The van der Waals surface area contributed by atoms with Crippen molar-refractivity contribution in [2.24, 2.45) is 0 Å². The molecule has 1 aliphatic rings. The fourth-order valence-corrected chi connectivity index (χ4v) is 5.13. The van der Waals surface area contributed by atoms with Crippen LogP contribution in [0.2, 0.25) is 0 Å². The predicted molar refractivity (Wildman–Crippen MR) is 130 cm³/mol. The second-order valence-corrected chi connectivity index (χ2v) is 9.44. The molecule has 1 fully saturated rings. The molecule has 0 bridgehead atoms. The van der Waals surface area contributed by atoms with Crippen molar-refractivity contribution < 1.29 is 4.79 Å². The number of piperazine rings is 1. The van der Waals surface area contributed by atoms with E-state index < -0.39 is 0 Å². The predicted octanol–water partition coefficient (Wildman–Crippen LogP) is 2.69. The van der Waals surface area contributed by atoms with Gasteiger partial charge >= 0.3 is 0 Å². The fourth-order valence-electron chi connectivity index (χ4n) is 4.07. The summed E-state index contributed by atoms with van der Waals surface area (Å²) in [6, 6.07) is 8.26. The van der Waals surface area contributed by atoms with E-state index in [1.807, 2.05) is 6.92 Å². The Morgan fingerprint density at radius 2 is 1.88 bits per heavy atom. The molecule has 2 aromatic heterocycles. The van der Waals surface area contributed by atoms with Gasteiger partial charge in [0.2, 0.25) is 5.91 Å². The Bertz CT molecular complexity index is 1170. The number of carbonyl (C=O) groups is 1. The van der Waals surface area contributed by atoms with Crippen molar-refractivity contribution >= 4 is 27.5 Å². The van der Waals surface area contributed by atoms with Crippen molar-refractivity contribution in [3.8, 4) is 11.1 Å². The standard InChI is InChI=1S/C24H29N5O2S/c1-4-9-25-20(30)15-29-12-10-28(11-13-29)14-19-26-23(31)22-21(17(3)32-24(22)27-19)18-7-5-16(2)6-8-18/h4-8H,1,9-15H2,2-3H3,(H,25,30)(H,26,27,31). The largest absolute Gasteiger partial charge is 0.352 e. The SMILES string of the molecule is C=CCNC(=O)CN1CCN(Cc2nc3sc(C)c(-c4ccc(C)cc4)c3c(=O)[nH]2)CC1. The van der Waals surface area contributed by atoms with Gasteiger partial charge in [0.1, 0.15) is 10.7 Å². The Kier molecular flexibility index (Phi) is 6.83. The smallest absolute Gasteiger partial charge is 0.260 e. The summed E-state index contributed by atoms with van der Waals surface area (Å²) in [5, 5.41) is 3.49. The summed E-state index contributed by atoms with van der Waals surface area (Å²) in [7, 11) is 0. The van der Waals surface area contributed by atoms with Gasteiger partial charge in [0.05, 0.1) is 18.5 Å². The lowest BCUT2D eigenvalue weighted by Crippen LogP contribution is -2.49. The van der Waals surface area contributed by atoms with Crippen LogP contribution in [-0.2, 0) is 11.3 Å². The van der Waals surface area contributed by atoms with Gasteiger partial charge in [-0.2, -0.15) is 0 Å². The van der Waals surface area contributed by atoms with Gasteiger partial charge in [-0.1, -0.05) is 35.9 Å². The summed E-state index contributed by atoms with van der Waals surface area (Å²) < 4.78 is 0. The zero-order valence-corrected chi connectivity index (χ0v) is 19.4. The van der Waals surface area contributed by atoms with Gasteiger partial charge < -0.3 is 10.3 Å². The van der Waals surface area contributed by atoms with Crippen LogP contribution in [0.5, 0.6) is 0 Å². The minimum Gasteiger partial charge on any atom is -0.352 e. The lowest BCUT2D eigenvalue weighted by molar-refractivity contribution is -0.122. The third-order valence-electron chi connectivity index (χ3n) is 5.78. The number of hydrogen-bond acceptors (Lipinski definition) is 6. The molecule has 0 saturated carbocycles. The number of benzene rings is 1. The number of amides is 1. The van der Waals surface area contributed by atoms with Crippen LogP contribution in [0.3, 0.4) is 0 Å². The number of thiophene rings is 1. The van der Waals surface area contributed by atoms with Gasteiger partial charge in [0.15, 0.2) is 0 Å². The Labute approximate surface area is 191 Å². The van der Waals surface area contributed by atoms with Crippen LogP contribution in [0.4, 0.5) is 0 Å². The van der Waals surface area contributed by atoms with E-state index in [1.165, 1.54) is 5.56 Å². The monoisotopic (exact) mass is 451 g/mol. The third-order valence-corrected chi connectivity index (χ3v) is 6.78. The molecular formula is C24H29N5O2S. The van der Waals surface area contributed by atoms with E-state index in [-0.39, 0.29) is 11.5 Å². The summed E-state index contributed by atoms with van der Waals surface area (Å²) in [5.41, 5.74) is 3.14. The number of aryl methyl sites for hydroxylation is 2. The molecule has 3 heterocycles. The lowest BCUT2D eigenvalue weighted by atomic mass is 10.0. The number of nitrogens with one attached hydrogen (secondary N) is 2. The highest BCUT2D eigenvalue weighted by Crippen LogP contribution is 2.35. The average Bonchev–Trinajstić information content (AvgIpc) is 3.10. The highest BCUT2D eigenvalue weighted by atomic mass is 32.1. The first-order valence-electron chi connectivity index (χ1n) is 10.9. The van der Waals surface area contributed by atoms with Crippen molar-refractivity contribution in [1.82, 2.24) is 25.1 Å². The number of rotatable bonds is 7. The van der Waals surface area contributed by atoms with E-state index in [2.05, 4.69) is 57.9 Å². The summed E-state index contributed by atoms with van der Waals surface area (Å²) in [5.74, 6) is 0.712. The number of carbonyl (C=O) groups excluding carboxylic acids is 1. The van der Waals surface area contributed by atoms with E-state index in [0.717, 1.165) is 47.0 Å². The van der Waals surface area contributed by atoms with Gasteiger partial charge in [-0.15, -0.1) is 17.9 Å². The number of nitrogens with zero attached hydrogens (tertiary/aromatic N) is 3. The summed E-state index contributed by atoms with van der Waals surface area (Å²) >= 11 is 1.57. The Morgan fingerprint density at radius 1 is 1.19 bits per heavy atom. The van der Waals surface area contributed by atoms with Crippen LogP contribution in [0, 0.1) is 13.8 Å². The quantitative estimate of drug-likeness (QED) is 0.540. The van der Waals surface area contributed by atoms with Crippen molar-refractivity contribution in [3.63, 3.8) is 0 Å². The molecule has 7 nitrogen and oxygen atoms in total. The molecule has 32 heavy (non-hydrogen) atoms. The van der Waals surface area contributed by atoms with Crippen molar-refractivity contribution in [2.75, 3.05) is 39.3 Å². The molecule has 4 rings (SSSR count). The first kappa shape index (κ1) is 22.4.